The Kier molecular flexibility index (Phi) is 4.85. The minimum absolute atomic E-state index is 0.0466. The second-order valence-corrected chi connectivity index (χ2v) is 11.6. The molecule has 2 aromatic carbocycles. The SMILES string of the molecule is [2H]C([2H])([2H])Oc1cc2c(cc1OC)C1CC(=O)C(CC(C)C)CN1CC2.[2H]c1c(OC)c(OC([2H])([2H])[2H])c([2H])c2c1C([2H])([2H])C([2H])([2H])N1C([2H])([2H])C([2H])(C([2H])([2H])C([2H])(C([2H])([2H])[2H])C([2H])([2H])C)C(=O)C([2H])([2H])C21[2H]. The number of hydrogen-bond acceptors (Lipinski definition) is 8. The molecule has 4 aliphatic rings. The molecule has 6 rings (SSSR count). The summed E-state index contributed by atoms with van der Waals surface area (Å²) in [7, 11) is -3.67. The highest BCUT2D eigenvalue weighted by Gasteiger charge is 2.40. The number of fused-ring (bicyclic) bond motifs is 6. The number of hydrogen-bond donors (Lipinski definition) is 0. The highest BCUT2D eigenvalue weighted by Crippen LogP contribution is 2.44. The molecule has 0 bridgehead atoms. The van der Waals surface area contributed by atoms with E-state index in [1.165, 1.54) is 7.11 Å². The number of ether oxygens (including phenoxy) is 4. The number of carbonyl (C=O) groups is 2. The van der Waals surface area contributed by atoms with Gasteiger partial charge < -0.3 is 18.9 Å². The van der Waals surface area contributed by atoms with E-state index in [4.69, 9.17) is 53.2 Å². The van der Waals surface area contributed by atoms with E-state index in [1.807, 2.05) is 6.07 Å². The third-order valence-electron chi connectivity index (χ3n) is 8.24. The molecule has 0 radical (unpaired) electrons. The average molecular weight is 675 g/mol. The first kappa shape index (κ1) is 14.8. The minimum Gasteiger partial charge on any atom is -0.493 e. The zero-order valence-corrected chi connectivity index (χ0v) is 26.8. The Morgan fingerprint density at radius 1 is 1.02 bits per heavy atom. The molecule has 0 N–H and O–H groups in total. The van der Waals surface area contributed by atoms with Gasteiger partial charge in [-0.15, -0.1) is 0 Å². The number of methoxy groups -OCH3 is 4. The van der Waals surface area contributed by atoms with Crippen molar-refractivity contribution >= 4 is 11.6 Å². The molecule has 0 spiro atoms. The molecule has 8 nitrogen and oxygen atoms in total. The van der Waals surface area contributed by atoms with Crippen molar-refractivity contribution in [2.24, 2.45) is 23.6 Å². The highest BCUT2D eigenvalue weighted by molar-refractivity contribution is 5.83. The molecule has 2 aromatic rings. The maximum Gasteiger partial charge on any atom is 0.161 e. The van der Waals surface area contributed by atoms with Gasteiger partial charge in [0.2, 0.25) is 0 Å². The van der Waals surface area contributed by atoms with Crippen molar-refractivity contribution in [2.45, 2.75) is 84.4 Å². The van der Waals surface area contributed by atoms with Crippen LogP contribution in [-0.2, 0) is 22.4 Å². The number of piperidine rings is 2. The van der Waals surface area contributed by atoms with Crippen molar-refractivity contribution in [3.8, 4) is 23.0 Å². The highest BCUT2D eigenvalue weighted by atomic mass is 16.5. The number of nitrogens with zero attached hydrogens (tertiary/aromatic N) is 2. The molecular formula is C39H56N2O6. The van der Waals surface area contributed by atoms with Crippen molar-refractivity contribution in [3.05, 3.63) is 46.5 Å². The topological polar surface area (TPSA) is 77.5 Å². The van der Waals surface area contributed by atoms with Gasteiger partial charge in [-0.05, 0) is 83.9 Å². The van der Waals surface area contributed by atoms with Crippen molar-refractivity contribution in [3.63, 3.8) is 0 Å². The molecular weight excluding hydrogens is 592 g/mol. The van der Waals surface area contributed by atoms with Crippen molar-refractivity contribution in [2.75, 3.05) is 54.4 Å². The van der Waals surface area contributed by atoms with E-state index in [-0.39, 0.29) is 17.7 Å². The van der Waals surface area contributed by atoms with Gasteiger partial charge in [-0.3, -0.25) is 19.4 Å². The minimum atomic E-state index is -4.70. The van der Waals surface area contributed by atoms with Crippen LogP contribution in [0.1, 0.15) is 130 Å². The third-order valence-corrected chi connectivity index (χ3v) is 8.24. The molecule has 0 aliphatic carbocycles. The number of carbonyl (C=O) groups excluding carboxylic acids is 2. The standard InChI is InChI=1S/C20H29NO3.C19H27NO3/c1-5-13(2)8-15-12-21-7-6-14-9-19(23-3)20(24-4)10-16(14)17(21)11-18(15)22;1-12(2)7-14-11-20-6-5-13-8-18(22-3)19(23-4)9-15(13)16(20)10-17(14)21/h9-10,13,15,17H,5-8,11-12H2,1-4H3;8-9,12,14,16H,5-7,10-11H2,1-4H3/i2D3,4D3,5D2,6D2,7D2,8D2,9D,10D,11D2,12D2,13D,15D,17D;3D3. The molecule has 4 heterocycles. The van der Waals surface area contributed by atoms with E-state index < -0.39 is 123 Å². The largest absolute Gasteiger partial charge is 0.493 e. The van der Waals surface area contributed by atoms with Crippen molar-refractivity contribution in [1.29, 1.82) is 0 Å². The summed E-state index contributed by atoms with van der Waals surface area (Å²) < 4.78 is 235. The molecule has 5 unspecified atom stereocenters. The summed E-state index contributed by atoms with van der Waals surface area (Å²) in [5, 5.41) is 0. The van der Waals surface area contributed by atoms with E-state index in [9.17, 15) is 11.0 Å². The van der Waals surface area contributed by atoms with Gasteiger partial charge in [-0.1, -0.05) is 34.0 Å². The average Bonchev–Trinajstić information content (AvgIpc) is 3.20. The van der Waals surface area contributed by atoms with E-state index in [0.717, 1.165) is 44.2 Å². The first-order valence-electron chi connectivity index (χ1n) is 28.0. The summed E-state index contributed by atoms with van der Waals surface area (Å²) in [5.41, 5.74) is -0.848. The second kappa shape index (κ2) is 15.4. The first-order valence-corrected chi connectivity index (χ1v) is 15.0. The molecule has 0 saturated carbocycles. The lowest BCUT2D eigenvalue weighted by molar-refractivity contribution is -0.130. The van der Waals surface area contributed by atoms with Gasteiger partial charge in [0, 0.05) is 86.1 Å². The van der Waals surface area contributed by atoms with Crippen molar-refractivity contribution in [1.82, 2.24) is 9.80 Å². The van der Waals surface area contributed by atoms with Gasteiger partial charge >= 0.3 is 0 Å². The summed E-state index contributed by atoms with van der Waals surface area (Å²) in [6.07, 6.45) is -14.3. The van der Waals surface area contributed by atoms with Crippen LogP contribution in [-0.4, -0.2) is 75.7 Å². The van der Waals surface area contributed by atoms with E-state index >= 15 is 0 Å². The molecule has 47 heavy (non-hydrogen) atoms. The molecule has 0 aromatic heterocycles. The normalized spacial score (nSPS) is 42.3. The number of rotatable bonds is 9. The van der Waals surface area contributed by atoms with Crippen LogP contribution in [0.25, 0.3) is 0 Å². The number of Topliss-reactive ketones (excluding diaryl/α,β-unsaturated/α-hetero) is 2. The Morgan fingerprint density at radius 2 is 1.77 bits per heavy atom. The Balaban J connectivity index is 0.000000318. The van der Waals surface area contributed by atoms with E-state index in [2.05, 4.69) is 18.7 Å². The zero-order chi connectivity index (χ0) is 56.6. The monoisotopic (exact) mass is 675 g/mol. The first-order chi connectivity index (χ1) is 32.6. The Bertz CT molecular complexity index is 2490. The van der Waals surface area contributed by atoms with Gasteiger partial charge in [-0.2, -0.15) is 0 Å². The van der Waals surface area contributed by atoms with Crippen LogP contribution >= 0.6 is 0 Å². The van der Waals surface area contributed by atoms with Crippen LogP contribution in [0, 0.1) is 23.6 Å². The molecule has 0 amide bonds. The lowest BCUT2D eigenvalue weighted by Crippen LogP contribution is -2.46. The van der Waals surface area contributed by atoms with Gasteiger partial charge in [-0.25, -0.2) is 0 Å². The Labute approximate surface area is 318 Å². The van der Waals surface area contributed by atoms with Gasteiger partial charge in [0.05, 0.1) is 40.6 Å². The third kappa shape index (κ3) is 7.64. The van der Waals surface area contributed by atoms with Crippen molar-refractivity contribution < 1.29 is 64.2 Å². The molecule has 5 atom stereocenters. The van der Waals surface area contributed by atoms with Gasteiger partial charge in [0.15, 0.2) is 23.0 Å². The molecule has 4 aliphatic heterocycles. The zero-order valence-electron chi connectivity index (χ0n) is 52.8. The summed E-state index contributed by atoms with van der Waals surface area (Å²) in [6, 6.07) is -3.29. The van der Waals surface area contributed by atoms with Gasteiger partial charge in [0.25, 0.3) is 0 Å². The molecule has 2 saturated heterocycles. The maximum atomic E-state index is 14.2. The van der Waals surface area contributed by atoms with Crippen LogP contribution in [0.3, 0.4) is 0 Å². The maximum absolute atomic E-state index is 14.2. The van der Waals surface area contributed by atoms with Gasteiger partial charge in [0.1, 0.15) is 11.6 Å². The summed E-state index contributed by atoms with van der Waals surface area (Å²) in [5.74, 6) is -12.4. The molecule has 8 heteroatoms. The Morgan fingerprint density at radius 3 is 2.47 bits per heavy atom. The van der Waals surface area contributed by atoms with E-state index in [0.29, 0.717) is 30.8 Å². The van der Waals surface area contributed by atoms with Crippen LogP contribution in [0.5, 0.6) is 23.0 Å². The van der Waals surface area contributed by atoms with Crippen LogP contribution in [0.2, 0.25) is 0 Å². The van der Waals surface area contributed by atoms with Crippen LogP contribution in [0.4, 0.5) is 0 Å². The summed E-state index contributed by atoms with van der Waals surface area (Å²) in [4.78, 5) is 28.4. The predicted molar refractivity (Wildman–Crippen MR) is 185 cm³/mol. The van der Waals surface area contributed by atoms with E-state index in [1.54, 1.807) is 6.07 Å². The lowest BCUT2D eigenvalue weighted by atomic mass is 9.79. The fraction of sp³-hybridized carbons (Fsp3) is 0.641. The fourth-order valence-corrected chi connectivity index (χ4v) is 6.01. The lowest BCUT2D eigenvalue weighted by Gasteiger charge is -2.43. The molecule has 2 fully saturated rings. The van der Waals surface area contributed by atoms with Crippen LogP contribution in [0.15, 0.2) is 24.2 Å². The summed E-state index contributed by atoms with van der Waals surface area (Å²) in [6.45, 7) is -6.62. The number of ketones is 2. The Hall–Kier alpha value is -3.10. The molecule has 258 valence electrons. The van der Waals surface area contributed by atoms with Crippen LogP contribution < -0.4 is 18.9 Å². The second-order valence-electron chi connectivity index (χ2n) is 11.6. The predicted octanol–water partition coefficient (Wildman–Crippen LogP) is 6.87. The number of benzene rings is 2. The smallest absolute Gasteiger partial charge is 0.161 e. The quantitative estimate of drug-likeness (QED) is 0.286. The fourth-order valence-electron chi connectivity index (χ4n) is 6.01. The summed E-state index contributed by atoms with van der Waals surface area (Å²) >= 11 is 0.